The molecule has 2 aliphatic rings. The summed E-state index contributed by atoms with van der Waals surface area (Å²) in [4.78, 5) is 16.5. The third kappa shape index (κ3) is 4.37. The van der Waals surface area contributed by atoms with Crippen LogP contribution in [0.15, 0.2) is 0 Å². The first kappa shape index (κ1) is 15.6. The Morgan fingerprint density at radius 3 is 2.30 bits per heavy atom. The van der Waals surface area contributed by atoms with Crippen molar-refractivity contribution in [2.75, 3.05) is 26.2 Å². The minimum Gasteiger partial charge on any atom is -0.444 e. The molecule has 0 aliphatic carbocycles. The molecule has 2 aliphatic heterocycles. The number of carbonyl (C=O) groups is 1. The Morgan fingerprint density at radius 2 is 1.75 bits per heavy atom. The van der Waals surface area contributed by atoms with Crippen LogP contribution in [-0.4, -0.2) is 53.7 Å². The van der Waals surface area contributed by atoms with Crippen molar-refractivity contribution in [3.63, 3.8) is 0 Å². The minimum atomic E-state index is -0.393. The van der Waals surface area contributed by atoms with Crippen molar-refractivity contribution in [2.45, 2.75) is 65.0 Å². The van der Waals surface area contributed by atoms with Crippen LogP contribution in [0.3, 0.4) is 0 Å². The van der Waals surface area contributed by atoms with Crippen LogP contribution in [0.1, 0.15) is 53.4 Å². The lowest BCUT2D eigenvalue weighted by Gasteiger charge is -2.41. The molecule has 0 aromatic rings. The van der Waals surface area contributed by atoms with Crippen LogP contribution in [0, 0.1) is 5.92 Å². The fraction of sp³-hybridized carbons (Fsp3) is 0.938. The van der Waals surface area contributed by atoms with Crippen LogP contribution >= 0.6 is 0 Å². The van der Waals surface area contributed by atoms with E-state index in [2.05, 4.69) is 11.8 Å². The molecule has 2 fully saturated rings. The van der Waals surface area contributed by atoms with Gasteiger partial charge in [0.05, 0.1) is 0 Å². The van der Waals surface area contributed by atoms with E-state index in [1.165, 1.54) is 25.9 Å². The maximum Gasteiger partial charge on any atom is 0.410 e. The Bertz CT molecular complexity index is 330. The van der Waals surface area contributed by atoms with Gasteiger partial charge in [-0.05, 0) is 58.9 Å². The average Bonchev–Trinajstić information content (AvgIpc) is 2.37. The number of hydrogen-bond donors (Lipinski definition) is 0. The number of likely N-dealkylation sites (tertiary alicyclic amines) is 2. The van der Waals surface area contributed by atoms with Crippen molar-refractivity contribution in [1.29, 1.82) is 0 Å². The Morgan fingerprint density at radius 1 is 1.10 bits per heavy atom. The minimum absolute atomic E-state index is 0.150. The summed E-state index contributed by atoms with van der Waals surface area (Å²) in [5, 5.41) is 0. The van der Waals surface area contributed by atoms with Gasteiger partial charge in [0.15, 0.2) is 0 Å². The summed E-state index contributed by atoms with van der Waals surface area (Å²) in [6.45, 7) is 12.3. The van der Waals surface area contributed by atoms with Crippen LogP contribution in [0.2, 0.25) is 0 Å². The van der Waals surface area contributed by atoms with Gasteiger partial charge in [0.25, 0.3) is 0 Å². The zero-order valence-corrected chi connectivity index (χ0v) is 13.5. The van der Waals surface area contributed by atoms with Gasteiger partial charge in [-0.1, -0.05) is 6.92 Å². The quantitative estimate of drug-likeness (QED) is 0.741. The van der Waals surface area contributed by atoms with E-state index in [9.17, 15) is 4.79 Å². The highest BCUT2D eigenvalue weighted by atomic mass is 16.6. The highest BCUT2D eigenvalue weighted by Crippen LogP contribution is 2.24. The number of carbonyl (C=O) groups excluding carboxylic acids is 1. The number of rotatable bonds is 1. The molecule has 0 N–H and O–H groups in total. The number of hydrogen-bond acceptors (Lipinski definition) is 3. The molecule has 116 valence electrons. The molecule has 2 saturated heterocycles. The van der Waals surface area contributed by atoms with E-state index in [1.807, 2.05) is 25.7 Å². The standard InChI is InChI=1S/C16H30N2O2/c1-13-6-5-9-18(12-13)14-7-10-17(11-8-14)15(19)20-16(2,3)4/h13-14H,5-12H2,1-4H3/t13-/m1/s1. The van der Waals surface area contributed by atoms with Crippen LogP contribution in [-0.2, 0) is 4.74 Å². The lowest BCUT2D eigenvalue weighted by atomic mass is 9.95. The van der Waals surface area contributed by atoms with E-state index >= 15 is 0 Å². The third-order valence-electron chi connectivity index (χ3n) is 4.32. The fourth-order valence-corrected chi connectivity index (χ4v) is 3.30. The highest BCUT2D eigenvalue weighted by Gasteiger charge is 2.30. The number of nitrogens with zero attached hydrogens (tertiary/aromatic N) is 2. The number of amides is 1. The first-order valence-electron chi connectivity index (χ1n) is 8.07. The lowest BCUT2D eigenvalue weighted by molar-refractivity contribution is 0.0114. The summed E-state index contributed by atoms with van der Waals surface area (Å²) >= 11 is 0. The topological polar surface area (TPSA) is 32.8 Å². The summed E-state index contributed by atoms with van der Waals surface area (Å²) in [5.74, 6) is 0.827. The Hall–Kier alpha value is -0.770. The molecule has 0 aromatic heterocycles. The van der Waals surface area contributed by atoms with Crippen LogP contribution < -0.4 is 0 Å². The summed E-state index contributed by atoms with van der Waals surface area (Å²) in [5.41, 5.74) is -0.393. The molecule has 1 atom stereocenters. The van der Waals surface area contributed by atoms with Crippen LogP contribution in [0.25, 0.3) is 0 Å². The Kier molecular flexibility index (Phi) is 4.95. The van der Waals surface area contributed by atoms with Gasteiger partial charge in [0, 0.05) is 25.7 Å². The smallest absolute Gasteiger partial charge is 0.410 e. The van der Waals surface area contributed by atoms with E-state index in [4.69, 9.17) is 4.74 Å². The summed E-state index contributed by atoms with van der Waals surface area (Å²) in [6.07, 6.45) is 4.72. The molecule has 2 heterocycles. The van der Waals surface area contributed by atoms with Gasteiger partial charge in [-0.3, -0.25) is 4.90 Å². The molecule has 4 heteroatoms. The molecular formula is C16H30N2O2. The van der Waals surface area contributed by atoms with E-state index in [0.29, 0.717) is 6.04 Å². The van der Waals surface area contributed by atoms with Crippen molar-refractivity contribution in [3.05, 3.63) is 0 Å². The molecule has 0 aromatic carbocycles. The predicted molar refractivity (Wildman–Crippen MR) is 80.8 cm³/mol. The zero-order valence-electron chi connectivity index (χ0n) is 13.5. The molecule has 0 bridgehead atoms. The third-order valence-corrected chi connectivity index (χ3v) is 4.32. The van der Waals surface area contributed by atoms with E-state index in [-0.39, 0.29) is 6.09 Å². The first-order chi connectivity index (χ1) is 9.35. The molecule has 2 rings (SSSR count). The fourth-order valence-electron chi connectivity index (χ4n) is 3.30. The van der Waals surface area contributed by atoms with Crippen LogP contribution in [0.4, 0.5) is 4.79 Å². The Balaban J connectivity index is 1.78. The maximum atomic E-state index is 12.0. The second-order valence-corrected chi connectivity index (χ2v) is 7.44. The molecule has 0 unspecified atom stereocenters. The van der Waals surface area contributed by atoms with Crippen molar-refractivity contribution in [2.24, 2.45) is 5.92 Å². The predicted octanol–water partition coefficient (Wildman–Crippen LogP) is 3.12. The lowest BCUT2D eigenvalue weighted by Crippen LogP contribution is -2.50. The van der Waals surface area contributed by atoms with Crippen molar-refractivity contribution in [1.82, 2.24) is 9.80 Å². The molecule has 0 radical (unpaired) electrons. The van der Waals surface area contributed by atoms with Crippen molar-refractivity contribution >= 4 is 6.09 Å². The summed E-state index contributed by atoms with van der Waals surface area (Å²) in [7, 11) is 0. The summed E-state index contributed by atoms with van der Waals surface area (Å²) < 4.78 is 5.45. The molecule has 4 nitrogen and oxygen atoms in total. The van der Waals surface area contributed by atoms with Crippen molar-refractivity contribution in [3.8, 4) is 0 Å². The SMILES string of the molecule is C[C@@H]1CCCN(C2CCN(C(=O)OC(C)(C)C)CC2)C1. The van der Waals surface area contributed by atoms with Gasteiger partial charge in [0.1, 0.15) is 5.60 Å². The maximum absolute atomic E-state index is 12.0. The zero-order chi connectivity index (χ0) is 14.8. The normalized spacial score (nSPS) is 26.6. The molecule has 20 heavy (non-hydrogen) atoms. The largest absolute Gasteiger partial charge is 0.444 e. The molecule has 1 amide bonds. The van der Waals surface area contributed by atoms with Gasteiger partial charge < -0.3 is 9.64 Å². The molecule has 0 spiro atoms. The van der Waals surface area contributed by atoms with E-state index < -0.39 is 5.60 Å². The highest BCUT2D eigenvalue weighted by molar-refractivity contribution is 5.68. The van der Waals surface area contributed by atoms with Crippen LogP contribution in [0.5, 0.6) is 0 Å². The van der Waals surface area contributed by atoms with Gasteiger partial charge in [0.2, 0.25) is 0 Å². The first-order valence-corrected chi connectivity index (χ1v) is 8.07. The van der Waals surface area contributed by atoms with Gasteiger partial charge in [-0.15, -0.1) is 0 Å². The van der Waals surface area contributed by atoms with E-state index in [0.717, 1.165) is 31.8 Å². The molecular weight excluding hydrogens is 252 g/mol. The van der Waals surface area contributed by atoms with Gasteiger partial charge >= 0.3 is 6.09 Å². The second-order valence-electron chi connectivity index (χ2n) is 7.44. The average molecular weight is 282 g/mol. The van der Waals surface area contributed by atoms with E-state index in [1.54, 1.807) is 0 Å². The monoisotopic (exact) mass is 282 g/mol. The summed E-state index contributed by atoms with van der Waals surface area (Å²) in [6, 6.07) is 0.663. The number of ether oxygens (including phenoxy) is 1. The Labute approximate surface area is 123 Å². The molecule has 0 saturated carbocycles. The van der Waals surface area contributed by atoms with Gasteiger partial charge in [-0.25, -0.2) is 4.79 Å². The second kappa shape index (κ2) is 6.33. The number of piperidine rings is 2. The van der Waals surface area contributed by atoms with Crippen molar-refractivity contribution < 1.29 is 9.53 Å². The van der Waals surface area contributed by atoms with Gasteiger partial charge in [-0.2, -0.15) is 0 Å².